The molecule has 0 aromatic carbocycles. The van der Waals surface area contributed by atoms with Crippen LogP contribution in [0, 0.1) is 17.8 Å². The van der Waals surface area contributed by atoms with Gasteiger partial charge in [0, 0.05) is 6.42 Å². The highest BCUT2D eigenvalue weighted by Crippen LogP contribution is 2.49. The summed E-state index contributed by atoms with van der Waals surface area (Å²) in [7, 11) is 0. The number of rotatable bonds is 4. The summed E-state index contributed by atoms with van der Waals surface area (Å²) >= 11 is 0. The van der Waals surface area contributed by atoms with Crippen LogP contribution in [-0.4, -0.2) is 31.3 Å². The number of carbonyl (C=O) groups is 1. The molecule has 4 rings (SSSR count). The molecule has 6 heteroatoms. The van der Waals surface area contributed by atoms with Gasteiger partial charge in [-0.25, -0.2) is 9.48 Å². The molecular formula is C14H20N4O2. The molecule has 3 fully saturated rings. The lowest BCUT2D eigenvalue weighted by atomic mass is 9.76. The monoisotopic (exact) mass is 276 g/mol. The number of hydrogen-bond donors (Lipinski definition) is 1. The molecule has 20 heavy (non-hydrogen) atoms. The first kappa shape index (κ1) is 12.3. The van der Waals surface area contributed by atoms with Crippen LogP contribution in [0.25, 0.3) is 0 Å². The fraction of sp³-hybridized carbons (Fsp3) is 0.857. The number of hydrogen-bond acceptors (Lipinski definition) is 4. The van der Waals surface area contributed by atoms with E-state index in [1.54, 1.807) is 4.68 Å². The van der Waals surface area contributed by atoms with Crippen LogP contribution in [0.1, 0.15) is 50.8 Å². The standard InChI is InChI=1S/C14H20N4O2/c19-13(20)14(4-1-5-14)18-12(15-16-17-18)8-11-7-9-2-3-10(11)6-9/h9-11H,1-8H2,(H,19,20). The Labute approximate surface area is 117 Å². The molecule has 3 atom stereocenters. The second-order valence-corrected chi connectivity index (χ2v) is 6.84. The lowest BCUT2D eigenvalue weighted by Gasteiger charge is -2.38. The van der Waals surface area contributed by atoms with Gasteiger partial charge in [0.2, 0.25) is 0 Å². The van der Waals surface area contributed by atoms with Gasteiger partial charge >= 0.3 is 5.97 Å². The zero-order chi connectivity index (χ0) is 13.7. The molecular weight excluding hydrogens is 256 g/mol. The molecule has 0 saturated heterocycles. The zero-order valence-corrected chi connectivity index (χ0v) is 11.5. The molecule has 2 bridgehead atoms. The predicted octanol–water partition coefficient (Wildman–Crippen LogP) is 1.62. The third kappa shape index (κ3) is 1.63. The van der Waals surface area contributed by atoms with Gasteiger partial charge in [-0.2, -0.15) is 0 Å². The SMILES string of the molecule is O=C(O)C1(n2nnnc2CC2CC3CCC2C3)CCC1. The van der Waals surface area contributed by atoms with Gasteiger partial charge in [-0.15, -0.1) is 5.10 Å². The molecule has 1 N–H and O–H groups in total. The van der Waals surface area contributed by atoms with Gasteiger partial charge in [0.25, 0.3) is 0 Å². The predicted molar refractivity (Wildman–Crippen MR) is 69.9 cm³/mol. The second kappa shape index (κ2) is 4.27. The van der Waals surface area contributed by atoms with E-state index < -0.39 is 11.5 Å². The molecule has 0 amide bonds. The number of nitrogens with zero attached hydrogens (tertiary/aromatic N) is 4. The molecule has 1 aromatic heterocycles. The van der Waals surface area contributed by atoms with Crippen molar-refractivity contribution in [3.8, 4) is 0 Å². The quantitative estimate of drug-likeness (QED) is 0.903. The highest BCUT2D eigenvalue weighted by Gasteiger charge is 2.49. The number of fused-ring (bicyclic) bond motifs is 2. The minimum Gasteiger partial charge on any atom is -0.479 e. The van der Waals surface area contributed by atoms with E-state index in [1.807, 2.05) is 0 Å². The molecule has 0 aliphatic heterocycles. The molecule has 3 saturated carbocycles. The average molecular weight is 276 g/mol. The van der Waals surface area contributed by atoms with Gasteiger partial charge in [-0.1, -0.05) is 6.42 Å². The minimum absolute atomic E-state index is 0.650. The van der Waals surface area contributed by atoms with Gasteiger partial charge in [-0.05, 0) is 66.7 Å². The van der Waals surface area contributed by atoms with Crippen LogP contribution in [-0.2, 0) is 16.8 Å². The molecule has 3 aliphatic rings. The Bertz CT molecular complexity index is 537. The maximum Gasteiger partial charge on any atom is 0.331 e. The normalized spacial score (nSPS) is 34.1. The lowest BCUT2D eigenvalue weighted by Crippen LogP contribution is -2.49. The molecule has 6 nitrogen and oxygen atoms in total. The Morgan fingerprint density at radius 3 is 2.75 bits per heavy atom. The first-order valence-electron chi connectivity index (χ1n) is 7.70. The van der Waals surface area contributed by atoms with E-state index in [9.17, 15) is 9.90 Å². The smallest absolute Gasteiger partial charge is 0.331 e. The molecule has 3 aliphatic carbocycles. The van der Waals surface area contributed by atoms with Crippen LogP contribution < -0.4 is 0 Å². The van der Waals surface area contributed by atoms with E-state index in [-0.39, 0.29) is 0 Å². The van der Waals surface area contributed by atoms with Crippen molar-refractivity contribution in [3.63, 3.8) is 0 Å². The zero-order valence-electron chi connectivity index (χ0n) is 11.5. The summed E-state index contributed by atoms with van der Waals surface area (Å²) in [6.07, 6.45) is 8.44. The maximum atomic E-state index is 11.6. The Balaban J connectivity index is 1.58. The van der Waals surface area contributed by atoms with Gasteiger partial charge < -0.3 is 5.11 Å². The summed E-state index contributed by atoms with van der Waals surface area (Å²) in [4.78, 5) is 11.6. The summed E-state index contributed by atoms with van der Waals surface area (Å²) in [5.74, 6) is 2.36. The Morgan fingerprint density at radius 2 is 2.20 bits per heavy atom. The van der Waals surface area contributed by atoms with Crippen molar-refractivity contribution in [2.24, 2.45) is 17.8 Å². The van der Waals surface area contributed by atoms with Crippen molar-refractivity contribution >= 4 is 5.97 Å². The molecule has 0 radical (unpaired) electrons. The first-order chi connectivity index (χ1) is 9.69. The third-order valence-electron chi connectivity index (χ3n) is 5.85. The molecule has 1 aromatic rings. The van der Waals surface area contributed by atoms with Gasteiger partial charge in [-0.3, -0.25) is 0 Å². The van der Waals surface area contributed by atoms with Crippen LogP contribution >= 0.6 is 0 Å². The Morgan fingerprint density at radius 1 is 1.35 bits per heavy atom. The van der Waals surface area contributed by atoms with Gasteiger partial charge in [0.05, 0.1) is 0 Å². The van der Waals surface area contributed by atoms with Crippen molar-refractivity contribution in [1.29, 1.82) is 0 Å². The summed E-state index contributed by atoms with van der Waals surface area (Å²) in [5.41, 5.74) is -0.865. The molecule has 108 valence electrons. The van der Waals surface area contributed by atoms with E-state index in [0.717, 1.165) is 30.5 Å². The number of carboxylic acids is 1. The summed E-state index contributed by atoms with van der Waals surface area (Å²) < 4.78 is 1.62. The largest absolute Gasteiger partial charge is 0.479 e. The number of aromatic nitrogens is 4. The number of carboxylic acid groups (broad SMARTS) is 1. The van der Waals surface area contributed by atoms with Crippen molar-refractivity contribution in [2.75, 3.05) is 0 Å². The van der Waals surface area contributed by atoms with Gasteiger partial charge in [0.15, 0.2) is 11.4 Å². The fourth-order valence-corrected chi connectivity index (χ4v) is 4.55. The van der Waals surface area contributed by atoms with Gasteiger partial charge in [0.1, 0.15) is 0 Å². The first-order valence-corrected chi connectivity index (χ1v) is 7.70. The van der Waals surface area contributed by atoms with Crippen LogP contribution in [0.5, 0.6) is 0 Å². The third-order valence-corrected chi connectivity index (χ3v) is 5.85. The van der Waals surface area contributed by atoms with Crippen molar-refractivity contribution in [3.05, 3.63) is 5.82 Å². The lowest BCUT2D eigenvalue weighted by molar-refractivity contribution is -0.153. The Hall–Kier alpha value is -1.46. The van der Waals surface area contributed by atoms with Crippen molar-refractivity contribution in [1.82, 2.24) is 20.2 Å². The maximum absolute atomic E-state index is 11.6. The van der Waals surface area contributed by atoms with Crippen LogP contribution in [0.4, 0.5) is 0 Å². The second-order valence-electron chi connectivity index (χ2n) is 6.84. The van der Waals surface area contributed by atoms with E-state index >= 15 is 0 Å². The van der Waals surface area contributed by atoms with Crippen molar-refractivity contribution < 1.29 is 9.90 Å². The van der Waals surface area contributed by atoms with E-state index in [0.29, 0.717) is 18.8 Å². The van der Waals surface area contributed by atoms with Crippen LogP contribution in [0.3, 0.4) is 0 Å². The number of aliphatic carboxylic acids is 1. The molecule has 1 heterocycles. The minimum atomic E-state index is -0.865. The van der Waals surface area contributed by atoms with Crippen LogP contribution in [0.15, 0.2) is 0 Å². The van der Waals surface area contributed by atoms with Crippen LogP contribution in [0.2, 0.25) is 0 Å². The highest BCUT2D eigenvalue weighted by atomic mass is 16.4. The molecule has 3 unspecified atom stereocenters. The van der Waals surface area contributed by atoms with E-state index in [4.69, 9.17) is 0 Å². The highest BCUT2D eigenvalue weighted by molar-refractivity contribution is 5.77. The van der Waals surface area contributed by atoms with E-state index in [2.05, 4.69) is 15.5 Å². The number of tetrazole rings is 1. The Kier molecular flexibility index (Phi) is 2.62. The van der Waals surface area contributed by atoms with Crippen molar-refractivity contribution in [2.45, 2.75) is 56.9 Å². The van der Waals surface area contributed by atoms with E-state index in [1.165, 1.54) is 25.7 Å². The summed E-state index contributed by atoms with van der Waals surface area (Å²) in [6, 6.07) is 0. The average Bonchev–Trinajstić information content (AvgIpc) is 3.04. The summed E-state index contributed by atoms with van der Waals surface area (Å²) in [5, 5.41) is 21.4. The molecule has 0 spiro atoms. The topological polar surface area (TPSA) is 80.9 Å². The summed E-state index contributed by atoms with van der Waals surface area (Å²) in [6.45, 7) is 0. The fourth-order valence-electron chi connectivity index (χ4n) is 4.55.